The summed E-state index contributed by atoms with van der Waals surface area (Å²) in [6.45, 7) is 2.56. The Bertz CT molecular complexity index is 398. The number of rotatable bonds is 3. The smallest absolute Gasteiger partial charge is 0.119 e. The Morgan fingerprint density at radius 3 is 2.19 bits per heavy atom. The van der Waals surface area contributed by atoms with Crippen LogP contribution in [0.1, 0.15) is 11.1 Å². The van der Waals surface area contributed by atoms with E-state index in [2.05, 4.69) is 0 Å². The van der Waals surface area contributed by atoms with E-state index in [9.17, 15) is 0 Å². The molecule has 0 fully saturated rings. The van der Waals surface area contributed by atoms with Gasteiger partial charge in [-0.1, -0.05) is 29.8 Å². The molecule has 2 nitrogen and oxygen atoms in total. The van der Waals surface area contributed by atoms with E-state index in [1.54, 1.807) is 12.1 Å². The van der Waals surface area contributed by atoms with E-state index in [-0.39, 0.29) is 5.75 Å². The van der Waals surface area contributed by atoms with E-state index in [1.807, 2.05) is 43.3 Å². The quantitative estimate of drug-likeness (QED) is 0.849. The molecule has 2 aromatic carbocycles. The molecule has 0 aromatic heterocycles. The molecule has 0 radical (unpaired) electrons. The molecule has 16 heavy (non-hydrogen) atoms. The van der Waals surface area contributed by atoms with Gasteiger partial charge in [0.2, 0.25) is 0 Å². The zero-order valence-corrected chi connectivity index (χ0v) is 9.18. The van der Waals surface area contributed by atoms with Gasteiger partial charge in [-0.3, -0.25) is 0 Å². The standard InChI is InChI=1S/C14H14O2/c1-11-2-8-14(9-3-11)16-10-12-4-6-13(15)7-5-12/h2-9,15H,10H2,1H3. The Balaban J connectivity index is 1.97. The molecule has 2 rings (SSSR count). The van der Waals surface area contributed by atoms with Gasteiger partial charge in [-0.05, 0) is 36.8 Å². The van der Waals surface area contributed by atoms with Crippen LogP contribution in [0.5, 0.6) is 11.5 Å². The largest absolute Gasteiger partial charge is 0.508 e. The van der Waals surface area contributed by atoms with E-state index in [0.717, 1.165) is 11.3 Å². The lowest BCUT2D eigenvalue weighted by molar-refractivity contribution is 0.306. The highest BCUT2D eigenvalue weighted by Crippen LogP contribution is 2.15. The van der Waals surface area contributed by atoms with E-state index < -0.39 is 0 Å². The zero-order chi connectivity index (χ0) is 11.4. The molecule has 0 unspecified atom stereocenters. The van der Waals surface area contributed by atoms with Crippen molar-refractivity contribution in [1.82, 2.24) is 0 Å². The number of phenolic OH excluding ortho intramolecular Hbond substituents is 1. The van der Waals surface area contributed by atoms with Crippen LogP contribution in [0.25, 0.3) is 0 Å². The molecule has 0 heterocycles. The van der Waals surface area contributed by atoms with Crippen molar-refractivity contribution in [3.05, 3.63) is 59.7 Å². The van der Waals surface area contributed by atoms with Gasteiger partial charge >= 0.3 is 0 Å². The average Bonchev–Trinajstić information content (AvgIpc) is 2.30. The number of aryl methyl sites for hydroxylation is 1. The fourth-order valence-electron chi connectivity index (χ4n) is 1.39. The predicted molar refractivity (Wildman–Crippen MR) is 63.6 cm³/mol. The number of phenols is 1. The Morgan fingerprint density at radius 1 is 0.938 bits per heavy atom. The van der Waals surface area contributed by atoms with Crippen LogP contribution in [0.2, 0.25) is 0 Å². The molecule has 0 bridgehead atoms. The molecular weight excluding hydrogens is 200 g/mol. The van der Waals surface area contributed by atoms with Gasteiger partial charge < -0.3 is 9.84 Å². The van der Waals surface area contributed by atoms with E-state index in [0.29, 0.717) is 6.61 Å². The first-order valence-electron chi connectivity index (χ1n) is 5.21. The van der Waals surface area contributed by atoms with Gasteiger partial charge in [0.05, 0.1) is 0 Å². The van der Waals surface area contributed by atoms with Crippen LogP contribution >= 0.6 is 0 Å². The van der Waals surface area contributed by atoms with Gasteiger partial charge in [-0.25, -0.2) is 0 Å². The second-order valence-electron chi connectivity index (χ2n) is 3.77. The van der Waals surface area contributed by atoms with Gasteiger partial charge in [0.25, 0.3) is 0 Å². The first-order chi connectivity index (χ1) is 7.74. The molecule has 2 heteroatoms. The number of benzene rings is 2. The first kappa shape index (κ1) is 10.6. The summed E-state index contributed by atoms with van der Waals surface area (Å²) in [6.07, 6.45) is 0. The summed E-state index contributed by atoms with van der Waals surface area (Å²) in [4.78, 5) is 0. The van der Waals surface area contributed by atoms with Crippen molar-refractivity contribution in [2.45, 2.75) is 13.5 Å². The van der Waals surface area contributed by atoms with Gasteiger partial charge in [-0.2, -0.15) is 0 Å². The summed E-state index contributed by atoms with van der Waals surface area (Å²) in [5.74, 6) is 1.14. The van der Waals surface area contributed by atoms with Crippen molar-refractivity contribution < 1.29 is 9.84 Å². The Morgan fingerprint density at radius 2 is 1.56 bits per heavy atom. The molecule has 0 aliphatic rings. The van der Waals surface area contributed by atoms with Crippen molar-refractivity contribution in [2.75, 3.05) is 0 Å². The first-order valence-corrected chi connectivity index (χ1v) is 5.21. The molecule has 2 aromatic rings. The van der Waals surface area contributed by atoms with Crippen LogP contribution in [-0.4, -0.2) is 5.11 Å². The third-order valence-corrected chi connectivity index (χ3v) is 2.36. The fraction of sp³-hybridized carbons (Fsp3) is 0.143. The monoisotopic (exact) mass is 214 g/mol. The lowest BCUT2D eigenvalue weighted by Gasteiger charge is -2.06. The van der Waals surface area contributed by atoms with Crippen LogP contribution in [0.4, 0.5) is 0 Å². The maximum Gasteiger partial charge on any atom is 0.119 e. The summed E-state index contributed by atoms with van der Waals surface area (Å²) >= 11 is 0. The van der Waals surface area contributed by atoms with Crippen LogP contribution in [0.15, 0.2) is 48.5 Å². The minimum Gasteiger partial charge on any atom is -0.508 e. The molecule has 0 spiro atoms. The molecule has 0 saturated carbocycles. The third-order valence-electron chi connectivity index (χ3n) is 2.36. The molecule has 0 aliphatic carbocycles. The maximum absolute atomic E-state index is 9.13. The molecule has 82 valence electrons. The highest BCUT2D eigenvalue weighted by molar-refractivity contribution is 5.28. The second kappa shape index (κ2) is 4.71. The number of hydrogen-bond acceptors (Lipinski definition) is 2. The maximum atomic E-state index is 9.13. The minimum atomic E-state index is 0.277. The summed E-state index contributed by atoms with van der Waals surface area (Å²) in [5.41, 5.74) is 2.26. The van der Waals surface area contributed by atoms with Crippen molar-refractivity contribution in [3.63, 3.8) is 0 Å². The van der Waals surface area contributed by atoms with E-state index >= 15 is 0 Å². The summed E-state index contributed by atoms with van der Waals surface area (Å²) in [5, 5.41) is 9.13. The SMILES string of the molecule is Cc1ccc(OCc2ccc(O)cc2)cc1. The van der Waals surface area contributed by atoms with Crippen LogP contribution < -0.4 is 4.74 Å². The molecular formula is C14H14O2. The van der Waals surface area contributed by atoms with Crippen LogP contribution in [0, 0.1) is 6.92 Å². The summed E-state index contributed by atoms with van der Waals surface area (Å²) in [6, 6.07) is 15.0. The van der Waals surface area contributed by atoms with Crippen molar-refractivity contribution in [2.24, 2.45) is 0 Å². The van der Waals surface area contributed by atoms with Gasteiger partial charge in [0.15, 0.2) is 0 Å². The second-order valence-corrected chi connectivity index (χ2v) is 3.77. The Labute approximate surface area is 95.1 Å². The molecule has 0 saturated heterocycles. The topological polar surface area (TPSA) is 29.5 Å². The fourth-order valence-corrected chi connectivity index (χ4v) is 1.39. The molecule has 0 atom stereocenters. The molecule has 1 N–H and O–H groups in total. The predicted octanol–water partition coefficient (Wildman–Crippen LogP) is 3.28. The van der Waals surface area contributed by atoms with Crippen molar-refractivity contribution in [3.8, 4) is 11.5 Å². The van der Waals surface area contributed by atoms with E-state index in [1.165, 1.54) is 5.56 Å². The summed E-state index contributed by atoms with van der Waals surface area (Å²) in [7, 11) is 0. The highest BCUT2D eigenvalue weighted by Gasteiger charge is 1.96. The Kier molecular flexibility index (Phi) is 3.10. The minimum absolute atomic E-state index is 0.277. The average molecular weight is 214 g/mol. The van der Waals surface area contributed by atoms with Gasteiger partial charge in [0, 0.05) is 0 Å². The van der Waals surface area contributed by atoms with E-state index in [4.69, 9.17) is 9.84 Å². The number of aromatic hydroxyl groups is 1. The van der Waals surface area contributed by atoms with Gasteiger partial charge in [-0.15, -0.1) is 0 Å². The number of hydrogen-bond donors (Lipinski definition) is 1. The number of ether oxygens (including phenoxy) is 1. The Hall–Kier alpha value is -1.96. The third kappa shape index (κ3) is 2.76. The lowest BCUT2D eigenvalue weighted by atomic mass is 10.2. The highest BCUT2D eigenvalue weighted by atomic mass is 16.5. The molecule has 0 aliphatic heterocycles. The summed E-state index contributed by atoms with van der Waals surface area (Å²) < 4.78 is 5.61. The van der Waals surface area contributed by atoms with Gasteiger partial charge in [0.1, 0.15) is 18.1 Å². The van der Waals surface area contributed by atoms with Crippen molar-refractivity contribution in [1.29, 1.82) is 0 Å². The zero-order valence-electron chi connectivity index (χ0n) is 9.18. The van der Waals surface area contributed by atoms with Crippen LogP contribution in [0.3, 0.4) is 0 Å². The molecule has 0 amide bonds. The normalized spacial score (nSPS) is 10.1. The lowest BCUT2D eigenvalue weighted by Crippen LogP contribution is -1.94. The van der Waals surface area contributed by atoms with Crippen molar-refractivity contribution >= 4 is 0 Å². The van der Waals surface area contributed by atoms with Crippen LogP contribution in [-0.2, 0) is 6.61 Å².